The van der Waals surface area contributed by atoms with E-state index in [0.29, 0.717) is 11.8 Å². The van der Waals surface area contributed by atoms with Gasteiger partial charge in [0.2, 0.25) is 0 Å². The average molecular weight is 279 g/mol. The summed E-state index contributed by atoms with van der Waals surface area (Å²) in [6.07, 6.45) is 6.54. The quantitative estimate of drug-likeness (QED) is 0.671. The minimum absolute atomic E-state index is 0.282. The van der Waals surface area contributed by atoms with Gasteiger partial charge in [-0.1, -0.05) is 30.3 Å². The lowest BCUT2D eigenvalue weighted by Crippen LogP contribution is -2.43. The van der Waals surface area contributed by atoms with Crippen LogP contribution in [0.5, 0.6) is 0 Å². The molecule has 3 nitrogen and oxygen atoms in total. The molecule has 3 atom stereocenters. The lowest BCUT2D eigenvalue weighted by Gasteiger charge is -2.29. The first kappa shape index (κ1) is 13.0. The fraction of sp³-hybridized carbons (Fsp3) is 0.389. The molecule has 2 aliphatic carbocycles. The number of aryl methyl sites for hydroxylation is 2. The molecule has 3 unspecified atom stereocenters. The van der Waals surface area contributed by atoms with E-state index in [1.165, 1.54) is 35.2 Å². The van der Waals surface area contributed by atoms with Crippen LogP contribution in [0, 0.1) is 0 Å². The van der Waals surface area contributed by atoms with Crippen molar-refractivity contribution < 1.29 is 0 Å². The number of hydrazine groups is 1. The molecule has 0 spiro atoms. The van der Waals surface area contributed by atoms with Gasteiger partial charge < -0.3 is 0 Å². The van der Waals surface area contributed by atoms with E-state index in [-0.39, 0.29) is 6.04 Å². The SMILES string of the molecule is NNC(C1CCc2ccccc21)C1CCc2cccnc21. The van der Waals surface area contributed by atoms with E-state index >= 15 is 0 Å². The van der Waals surface area contributed by atoms with Gasteiger partial charge in [-0.2, -0.15) is 0 Å². The van der Waals surface area contributed by atoms with Crippen molar-refractivity contribution in [1.29, 1.82) is 0 Å². The molecule has 0 bridgehead atoms. The van der Waals surface area contributed by atoms with E-state index in [1.54, 1.807) is 0 Å². The number of nitrogens with two attached hydrogens (primary N) is 1. The highest BCUT2D eigenvalue weighted by Gasteiger charge is 2.38. The molecule has 3 N–H and O–H groups in total. The molecule has 1 aromatic heterocycles. The molecule has 0 saturated heterocycles. The molecule has 21 heavy (non-hydrogen) atoms. The van der Waals surface area contributed by atoms with Crippen LogP contribution in [0.1, 0.15) is 47.1 Å². The van der Waals surface area contributed by atoms with Gasteiger partial charge in [0, 0.05) is 29.8 Å². The van der Waals surface area contributed by atoms with Gasteiger partial charge >= 0.3 is 0 Å². The second-order valence-corrected chi connectivity index (χ2v) is 6.23. The summed E-state index contributed by atoms with van der Waals surface area (Å²) in [4.78, 5) is 4.64. The molecule has 0 radical (unpaired) electrons. The van der Waals surface area contributed by atoms with Gasteiger partial charge in [-0.05, 0) is 48.4 Å². The van der Waals surface area contributed by atoms with Crippen LogP contribution in [-0.4, -0.2) is 11.0 Å². The summed E-state index contributed by atoms with van der Waals surface area (Å²) < 4.78 is 0. The van der Waals surface area contributed by atoms with Gasteiger partial charge in [-0.15, -0.1) is 0 Å². The molecule has 108 valence electrons. The second-order valence-electron chi connectivity index (χ2n) is 6.23. The third kappa shape index (κ3) is 2.08. The van der Waals surface area contributed by atoms with Gasteiger partial charge in [-0.3, -0.25) is 16.3 Å². The number of nitrogens with one attached hydrogen (secondary N) is 1. The summed E-state index contributed by atoms with van der Waals surface area (Å²) in [7, 11) is 0. The van der Waals surface area contributed by atoms with E-state index in [0.717, 1.165) is 12.8 Å². The third-order valence-electron chi connectivity index (χ3n) is 5.24. The predicted octanol–water partition coefficient (Wildman–Crippen LogP) is 2.67. The molecule has 0 fully saturated rings. The second kappa shape index (κ2) is 5.24. The average Bonchev–Trinajstić information content (AvgIpc) is 3.14. The van der Waals surface area contributed by atoms with Crippen LogP contribution >= 0.6 is 0 Å². The minimum atomic E-state index is 0.282. The van der Waals surface area contributed by atoms with Crippen molar-refractivity contribution in [1.82, 2.24) is 10.4 Å². The number of aromatic nitrogens is 1. The Morgan fingerprint density at radius 3 is 2.67 bits per heavy atom. The number of nitrogens with zero attached hydrogens (tertiary/aromatic N) is 1. The first-order chi connectivity index (χ1) is 10.4. The van der Waals surface area contributed by atoms with Gasteiger partial charge in [0.05, 0.1) is 0 Å². The molecule has 2 aliphatic rings. The maximum Gasteiger partial charge on any atom is 0.0482 e. The first-order valence-corrected chi connectivity index (χ1v) is 7.86. The van der Waals surface area contributed by atoms with Crippen LogP contribution in [0.4, 0.5) is 0 Å². The zero-order valence-corrected chi connectivity index (χ0v) is 12.1. The highest BCUT2D eigenvalue weighted by Crippen LogP contribution is 2.43. The van der Waals surface area contributed by atoms with Crippen molar-refractivity contribution in [2.75, 3.05) is 0 Å². The van der Waals surface area contributed by atoms with E-state index in [9.17, 15) is 0 Å². The topological polar surface area (TPSA) is 50.9 Å². The highest BCUT2D eigenvalue weighted by molar-refractivity contribution is 5.38. The molecule has 0 aliphatic heterocycles. The lowest BCUT2D eigenvalue weighted by atomic mass is 9.83. The van der Waals surface area contributed by atoms with Crippen LogP contribution in [0.2, 0.25) is 0 Å². The number of hydrogen-bond donors (Lipinski definition) is 2. The summed E-state index contributed by atoms with van der Waals surface area (Å²) in [6, 6.07) is 13.3. The Morgan fingerprint density at radius 2 is 1.76 bits per heavy atom. The van der Waals surface area contributed by atoms with Crippen molar-refractivity contribution in [3.05, 3.63) is 65.0 Å². The fourth-order valence-electron chi connectivity index (χ4n) is 4.27. The number of rotatable bonds is 3. The largest absolute Gasteiger partial charge is 0.271 e. The third-order valence-corrected chi connectivity index (χ3v) is 5.24. The van der Waals surface area contributed by atoms with Gasteiger partial charge in [-0.25, -0.2) is 0 Å². The molecular formula is C18H21N3. The zero-order valence-electron chi connectivity index (χ0n) is 12.1. The zero-order chi connectivity index (χ0) is 14.2. The summed E-state index contributed by atoms with van der Waals surface area (Å²) >= 11 is 0. The van der Waals surface area contributed by atoms with Crippen molar-refractivity contribution in [3.63, 3.8) is 0 Å². The number of fused-ring (bicyclic) bond motifs is 2. The van der Waals surface area contributed by atoms with E-state index in [1.807, 2.05) is 12.3 Å². The van der Waals surface area contributed by atoms with Crippen LogP contribution in [-0.2, 0) is 12.8 Å². The van der Waals surface area contributed by atoms with Crippen LogP contribution in [0.25, 0.3) is 0 Å². The Hall–Kier alpha value is -1.71. The first-order valence-electron chi connectivity index (χ1n) is 7.86. The van der Waals surface area contributed by atoms with Gasteiger partial charge in [0.1, 0.15) is 0 Å². The number of benzene rings is 1. The molecule has 3 heteroatoms. The fourth-order valence-corrected chi connectivity index (χ4v) is 4.27. The molecule has 1 aromatic carbocycles. The van der Waals surface area contributed by atoms with E-state index in [4.69, 9.17) is 5.84 Å². The standard InChI is InChI=1S/C18H21N3/c19-21-18(15-9-7-12-4-1-2-6-14(12)15)16-10-8-13-5-3-11-20-17(13)16/h1-6,11,15-16,18,21H,7-10,19H2. The van der Waals surface area contributed by atoms with Crippen molar-refractivity contribution in [2.24, 2.45) is 5.84 Å². The molecule has 2 aromatic rings. The molecule has 4 rings (SSSR count). The van der Waals surface area contributed by atoms with Crippen molar-refractivity contribution in [3.8, 4) is 0 Å². The Bertz CT molecular complexity index is 597. The number of pyridine rings is 1. The van der Waals surface area contributed by atoms with E-state index < -0.39 is 0 Å². The van der Waals surface area contributed by atoms with E-state index in [2.05, 4.69) is 40.7 Å². The molecular weight excluding hydrogens is 258 g/mol. The Labute approximate surface area is 125 Å². The van der Waals surface area contributed by atoms with Gasteiger partial charge in [0.25, 0.3) is 0 Å². The van der Waals surface area contributed by atoms with Crippen molar-refractivity contribution in [2.45, 2.75) is 43.6 Å². The normalized spacial score (nSPS) is 24.6. The van der Waals surface area contributed by atoms with Crippen LogP contribution < -0.4 is 11.3 Å². The summed E-state index contributed by atoms with van der Waals surface area (Å²) in [6.45, 7) is 0. The summed E-state index contributed by atoms with van der Waals surface area (Å²) in [5, 5.41) is 0. The lowest BCUT2D eigenvalue weighted by molar-refractivity contribution is 0.366. The monoisotopic (exact) mass is 279 g/mol. The molecule has 1 heterocycles. The van der Waals surface area contributed by atoms with Crippen LogP contribution in [0.15, 0.2) is 42.6 Å². The summed E-state index contributed by atoms with van der Waals surface area (Å²) in [5.41, 5.74) is 8.74. The molecule has 0 amide bonds. The Kier molecular flexibility index (Phi) is 3.24. The predicted molar refractivity (Wildman–Crippen MR) is 83.9 cm³/mol. The Balaban J connectivity index is 1.68. The molecule has 0 saturated carbocycles. The maximum atomic E-state index is 5.97. The van der Waals surface area contributed by atoms with Crippen LogP contribution in [0.3, 0.4) is 0 Å². The van der Waals surface area contributed by atoms with Crippen molar-refractivity contribution >= 4 is 0 Å². The van der Waals surface area contributed by atoms with Gasteiger partial charge in [0.15, 0.2) is 0 Å². The number of hydrogen-bond acceptors (Lipinski definition) is 3. The smallest absolute Gasteiger partial charge is 0.0482 e. The highest BCUT2D eigenvalue weighted by atomic mass is 15.2. The Morgan fingerprint density at radius 1 is 1.00 bits per heavy atom. The maximum absolute atomic E-state index is 5.97. The minimum Gasteiger partial charge on any atom is -0.271 e. The summed E-state index contributed by atoms with van der Waals surface area (Å²) in [5.74, 6) is 6.91.